The van der Waals surface area contributed by atoms with Gasteiger partial charge in [-0.05, 0) is 48.5 Å². The van der Waals surface area contributed by atoms with Crippen LogP contribution in [-0.2, 0) is 29.2 Å². The third kappa shape index (κ3) is 6.08. The molecule has 2 aromatic heterocycles. The van der Waals surface area contributed by atoms with Crippen molar-refractivity contribution in [2.45, 2.75) is 19.6 Å². The van der Waals surface area contributed by atoms with Crippen molar-refractivity contribution in [1.82, 2.24) is 24.3 Å². The topological polar surface area (TPSA) is 120 Å². The zero-order valence-corrected chi connectivity index (χ0v) is 20.4. The second-order valence-corrected chi connectivity index (χ2v) is 9.16. The monoisotopic (exact) mass is 514 g/mol. The molecule has 0 saturated carbocycles. The van der Waals surface area contributed by atoms with Crippen LogP contribution in [0.5, 0.6) is 11.5 Å². The highest BCUT2D eigenvalue weighted by atomic mass is 32.1. The molecule has 10 nitrogen and oxygen atoms in total. The fourth-order valence-corrected chi connectivity index (χ4v) is 4.57. The second-order valence-electron chi connectivity index (χ2n) is 8.10. The van der Waals surface area contributed by atoms with Gasteiger partial charge in [-0.15, -0.1) is 5.10 Å². The van der Waals surface area contributed by atoms with E-state index in [2.05, 4.69) is 20.9 Å². The largest absolute Gasteiger partial charge is 0.457 e. The van der Waals surface area contributed by atoms with Crippen LogP contribution in [0.3, 0.4) is 0 Å². The quantitative estimate of drug-likeness (QED) is 0.311. The van der Waals surface area contributed by atoms with Gasteiger partial charge in [-0.2, -0.15) is 0 Å². The van der Waals surface area contributed by atoms with Crippen molar-refractivity contribution in [1.29, 1.82) is 0 Å². The summed E-state index contributed by atoms with van der Waals surface area (Å²) in [6, 6.07) is 23.7. The lowest BCUT2D eigenvalue weighted by molar-refractivity contribution is -0.121. The summed E-state index contributed by atoms with van der Waals surface area (Å²) in [5.74, 6) is 0.790. The molecule has 2 amide bonds. The summed E-state index contributed by atoms with van der Waals surface area (Å²) in [5.41, 5.74) is 0.924. The molecule has 37 heavy (non-hydrogen) atoms. The Balaban J connectivity index is 1.09. The average Bonchev–Trinajstić information content (AvgIpc) is 3.48. The SMILES string of the molecule is O=C(Cn1sc2ccccc2c1=O)NCc1cn(CC(=O)Nc2ccc(Oc3ccccc3)cc2)nn1. The minimum atomic E-state index is -0.319. The predicted molar refractivity (Wildman–Crippen MR) is 140 cm³/mol. The van der Waals surface area contributed by atoms with Crippen LogP contribution < -0.4 is 20.9 Å². The molecular formula is C26H22N6O4S. The Morgan fingerprint density at radius 3 is 2.38 bits per heavy atom. The van der Waals surface area contributed by atoms with Crippen LogP contribution in [0, 0.1) is 0 Å². The number of carbonyl (C=O) groups is 2. The molecule has 0 aliphatic carbocycles. The van der Waals surface area contributed by atoms with Gasteiger partial charge < -0.3 is 15.4 Å². The number of hydrogen-bond acceptors (Lipinski definition) is 7. The molecule has 0 aliphatic rings. The summed E-state index contributed by atoms with van der Waals surface area (Å²) in [7, 11) is 0. The van der Waals surface area contributed by atoms with Gasteiger partial charge in [-0.1, -0.05) is 47.1 Å². The van der Waals surface area contributed by atoms with Gasteiger partial charge in [0.2, 0.25) is 11.8 Å². The summed E-state index contributed by atoms with van der Waals surface area (Å²) >= 11 is 1.25. The molecule has 0 spiro atoms. The van der Waals surface area contributed by atoms with Gasteiger partial charge in [0.25, 0.3) is 5.56 Å². The number of nitrogens with one attached hydrogen (secondary N) is 2. The number of benzene rings is 3. The summed E-state index contributed by atoms with van der Waals surface area (Å²) in [6.45, 7) is 0.00721. The van der Waals surface area contributed by atoms with Crippen LogP contribution in [0.2, 0.25) is 0 Å². The Kier molecular flexibility index (Phi) is 7.04. The fraction of sp³-hybridized carbons (Fsp3) is 0.115. The standard InChI is InChI=1S/C26H22N6O4S/c33-24(17-32-26(35)22-8-4-5-9-23(22)37-32)27-14-19-15-31(30-29-19)16-25(34)28-18-10-12-21(13-11-18)36-20-6-2-1-3-7-20/h1-13,15H,14,16-17H2,(H,27,33)(H,28,34). The maximum atomic E-state index is 12.4. The molecule has 5 aromatic rings. The number of anilines is 1. The number of ether oxygens (including phenoxy) is 1. The van der Waals surface area contributed by atoms with Crippen molar-refractivity contribution in [3.63, 3.8) is 0 Å². The smallest absolute Gasteiger partial charge is 0.268 e. The lowest BCUT2D eigenvalue weighted by Crippen LogP contribution is -2.29. The van der Waals surface area contributed by atoms with E-state index < -0.39 is 0 Å². The summed E-state index contributed by atoms with van der Waals surface area (Å²) in [6.07, 6.45) is 1.59. The number of nitrogens with zero attached hydrogens (tertiary/aromatic N) is 4. The molecule has 0 aliphatic heterocycles. The summed E-state index contributed by atoms with van der Waals surface area (Å²) in [5, 5.41) is 14.1. The molecule has 11 heteroatoms. The molecule has 3 aromatic carbocycles. The highest BCUT2D eigenvalue weighted by Gasteiger charge is 2.12. The van der Waals surface area contributed by atoms with Crippen LogP contribution in [0.4, 0.5) is 5.69 Å². The van der Waals surface area contributed by atoms with Crippen LogP contribution in [0.1, 0.15) is 5.69 Å². The van der Waals surface area contributed by atoms with Gasteiger partial charge in [0.15, 0.2) is 0 Å². The summed E-state index contributed by atoms with van der Waals surface area (Å²) in [4.78, 5) is 37.1. The lowest BCUT2D eigenvalue weighted by atomic mass is 10.3. The molecule has 0 unspecified atom stereocenters. The first-order valence-corrected chi connectivity index (χ1v) is 12.2. The Morgan fingerprint density at radius 2 is 1.59 bits per heavy atom. The maximum Gasteiger partial charge on any atom is 0.268 e. The third-order valence-electron chi connectivity index (χ3n) is 5.32. The molecule has 0 fully saturated rings. The van der Waals surface area contributed by atoms with Crippen molar-refractivity contribution in [3.05, 3.63) is 101 Å². The van der Waals surface area contributed by atoms with E-state index in [0.29, 0.717) is 22.5 Å². The first-order chi connectivity index (χ1) is 18.0. The number of carbonyl (C=O) groups excluding carboxylic acids is 2. The van der Waals surface area contributed by atoms with Gasteiger partial charge in [0.05, 0.1) is 22.8 Å². The molecule has 2 heterocycles. The van der Waals surface area contributed by atoms with E-state index in [1.165, 1.54) is 20.2 Å². The van der Waals surface area contributed by atoms with Crippen LogP contribution in [0.25, 0.3) is 10.1 Å². The number of aromatic nitrogens is 4. The van der Waals surface area contributed by atoms with E-state index in [0.717, 1.165) is 10.4 Å². The van der Waals surface area contributed by atoms with Crippen LogP contribution >= 0.6 is 11.5 Å². The van der Waals surface area contributed by atoms with Gasteiger partial charge in [-0.25, -0.2) is 4.68 Å². The maximum absolute atomic E-state index is 12.4. The van der Waals surface area contributed by atoms with E-state index in [1.54, 1.807) is 42.6 Å². The van der Waals surface area contributed by atoms with Gasteiger partial charge in [-0.3, -0.25) is 18.3 Å². The first kappa shape index (κ1) is 23.9. The Morgan fingerprint density at radius 1 is 0.865 bits per heavy atom. The molecule has 2 N–H and O–H groups in total. The molecular weight excluding hydrogens is 492 g/mol. The number of rotatable bonds is 9. The molecule has 186 valence electrons. The Bertz CT molecular complexity index is 1590. The van der Waals surface area contributed by atoms with Crippen molar-refractivity contribution in [3.8, 4) is 11.5 Å². The van der Waals surface area contributed by atoms with Crippen molar-refractivity contribution in [2.24, 2.45) is 0 Å². The number of fused-ring (bicyclic) bond motifs is 1. The normalized spacial score (nSPS) is 10.8. The van der Waals surface area contributed by atoms with E-state index in [4.69, 9.17) is 4.74 Å². The van der Waals surface area contributed by atoms with Crippen LogP contribution in [0.15, 0.2) is 89.9 Å². The average molecular weight is 515 g/mol. The fourth-order valence-electron chi connectivity index (χ4n) is 3.57. The molecule has 0 bridgehead atoms. The van der Waals surface area contributed by atoms with Crippen LogP contribution in [-0.4, -0.2) is 30.8 Å². The van der Waals surface area contributed by atoms with E-state index in [-0.39, 0.29) is 37.0 Å². The van der Waals surface area contributed by atoms with Crippen molar-refractivity contribution >= 4 is 39.1 Å². The molecule has 0 saturated heterocycles. The van der Waals surface area contributed by atoms with Gasteiger partial charge in [0.1, 0.15) is 30.3 Å². The van der Waals surface area contributed by atoms with Crippen molar-refractivity contribution in [2.75, 3.05) is 5.32 Å². The molecule has 0 atom stereocenters. The molecule has 5 rings (SSSR count). The highest BCUT2D eigenvalue weighted by Crippen LogP contribution is 2.22. The summed E-state index contributed by atoms with van der Waals surface area (Å²) < 4.78 is 9.39. The molecule has 0 radical (unpaired) electrons. The second kappa shape index (κ2) is 10.9. The Labute approximate surface area is 215 Å². The minimum absolute atomic E-state index is 0.0413. The Hall–Kier alpha value is -4.77. The third-order valence-corrected chi connectivity index (χ3v) is 6.38. The lowest BCUT2D eigenvalue weighted by Gasteiger charge is -2.08. The zero-order chi connectivity index (χ0) is 25.6. The zero-order valence-electron chi connectivity index (χ0n) is 19.5. The predicted octanol–water partition coefficient (Wildman–Crippen LogP) is 3.40. The number of para-hydroxylation sites is 1. The first-order valence-electron chi connectivity index (χ1n) is 11.4. The number of amides is 2. The highest BCUT2D eigenvalue weighted by molar-refractivity contribution is 7.13. The van der Waals surface area contributed by atoms with Crippen molar-refractivity contribution < 1.29 is 14.3 Å². The van der Waals surface area contributed by atoms with E-state index in [9.17, 15) is 14.4 Å². The van der Waals surface area contributed by atoms with Gasteiger partial charge in [0, 0.05) is 5.69 Å². The minimum Gasteiger partial charge on any atom is -0.457 e. The number of hydrogen-bond donors (Lipinski definition) is 2. The van der Waals surface area contributed by atoms with Gasteiger partial charge >= 0.3 is 0 Å². The van der Waals surface area contributed by atoms with E-state index >= 15 is 0 Å². The van der Waals surface area contributed by atoms with E-state index in [1.807, 2.05) is 42.5 Å².